The molecule has 1 aliphatic heterocycles. The second kappa shape index (κ2) is 8.80. The largest absolute Gasteiger partial charge is 0.493 e. The second-order valence-electron chi connectivity index (χ2n) is 10.5. The molecule has 1 amide bonds. The van der Waals surface area contributed by atoms with E-state index >= 15 is 0 Å². The minimum Gasteiger partial charge on any atom is -0.493 e. The summed E-state index contributed by atoms with van der Waals surface area (Å²) in [6.45, 7) is 9.90. The highest BCUT2D eigenvalue weighted by atomic mass is 32.1. The maximum atomic E-state index is 13.1. The number of thiazole rings is 1. The number of carbonyl (C=O) groups excluding carboxylic acids is 1. The van der Waals surface area contributed by atoms with Crippen LogP contribution in [0.25, 0.3) is 22.0 Å². The Morgan fingerprint density at radius 1 is 1.22 bits per heavy atom. The van der Waals surface area contributed by atoms with Gasteiger partial charge in [0.05, 0.1) is 29.6 Å². The zero-order valence-corrected chi connectivity index (χ0v) is 22.5. The lowest BCUT2D eigenvalue weighted by atomic mass is 9.81. The van der Waals surface area contributed by atoms with E-state index in [1.54, 1.807) is 35.0 Å². The molecule has 196 valence electrons. The molecule has 0 spiro atoms. The lowest BCUT2D eigenvalue weighted by Crippen LogP contribution is -2.51. The number of rotatable bonds is 3. The van der Waals surface area contributed by atoms with Gasteiger partial charge in [0.25, 0.3) is 5.56 Å². The number of aromatic nitrogens is 5. The molecule has 0 bridgehead atoms. The van der Waals surface area contributed by atoms with Crippen molar-refractivity contribution in [3.63, 3.8) is 0 Å². The lowest BCUT2D eigenvalue weighted by Gasteiger charge is -2.42. The van der Waals surface area contributed by atoms with E-state index in [1.165, 1.54) is 21.8 Å². The highest BCUT2D eigenvalue weighted by Crippen LogP contribution is 2.40. The molecule has 5 rings (SSSR count). The van der Waals surface area contributed by atoms with Gasteiger partial charge >= 0.3 is 6.09 Å². The minimum atomic E-state index is -1.21. The molecule has 11 nitrogen and oxygen atoms in total. The van der Waals surface area contributed by atoms with Crippen LogP contribution in [0.4, 0.5) is 4.79 Å². The van der Waals surface area contributed by atoms with Gasteiger partial charge in [0, 0.05) is 37.3 Å². The summed E-state index contributed by atoms with van der Waals surface area (Å²) in [5.74, 6) is 0.238. The summed E-state index contributed by atoms with van der Waals surface area (Å²) in [7, 11) is 1.55. The third kappa shape index (κ3) is 4.55. The molecule has 0 radical (unpaired) electrons. The van der Waals surface area contributed by atoms with Crippen LogP contribution >= 0.6 is 11.3 Å². The van der Waals surface area contributed by atoms with Crippen LogP contribution in [0, 0.1) is 12.8 Å². The van der Waals surface area contributed by atoms with Gasteiger partial charge < -0.3 is 19.5 Å². The van der Waals surface area contributed by atoms with E-state index in [0.717, 1.165) is 5.69 Å². The van der Waals surface area contributed by atoms with Gasteiger partial charge in [0.1, 0.15) is 16.9 Å². The van der Waals surface area contributed by atoms with Crippen molar-refractivity contribution in [1.82, 2.24) is 28.9 Å². The van der Waals surface area contributed by atoms with E-state index in [0.29, 0.717) is 52.1 Å². The zero-order valence-electron chi connectivity index (χ0n) is 21.7. The van der Waals surface area contributed by atoms with Crippen molar-refractivity contribution < 1.29 is 19.4 Å². The molecule has 4 aromatic heterocycles. The fourth-order valence-corrected chi connectivity index (χ4v) is 5.78. The molecule has 5 heterocycles. The Labute approximate surface area is 217 Å². The van der Waals surface area contributed by atoms with Crippen molar-refractivity contribution in [2.45, 2.75) is 52.2 Å². The van der Waals surface area contributed by atoms with E-state index < -0.39 is 17.3 Å². The fourth-order valence-electron chi connectivity index (χ4n) is 4.56. The number of hydrogen-bond acceptors (Lipinski definition) is 9. The highest BCUT2D eigenvalue weighted by molar-refractivity contribution is 7.17. The van der Waals surface area contributed by atoms with Crippen LogP contribution in [-0.2, 0) is 10.3 Å². The Hall–Kier alpha value is -3.51. The first kappa shape index (κ1) is 25.2. The number of likely N-dealkylation sites (tertiary alicyclic amines) is 1. The Bertz CT molecular complexity index is 1570. The quantitative estimate of drug-likeness (QED) is 0.432. The highest BCUT2D eigenvalue weighted by Gasteiger charge is 2.44. The Morgan fingerprint density at radius 2 is 1.97 bits per heavy atom. The summed E-state index contributed by atoms with van der Waals surface area (Å²) in [5.41, 5.74) is 0.136. The number of aryl methyl sites for hydroxylation is 1. The number of piperidine rings is 1. The Balaban J connectivity index is 1.48. The molecule has 1 saturated heterocycles. The Kier molecular flexibility index (Phi) is 5.99. The number of carbonyl (C=O) groups is 1. The molecule has 0 unspecified atom stereocenters. The molecule has 0 aromatic carbocycles. The van der Waals surface area contributed by atoms with Crippen LogP contribution in [0.15, 0.2) is 29.3 Å². The van der Waals surface area contributed by atoms with Crippen molar-refractivity contribution in [2.75, 3.05) is 20.2 Å². The monoisotopic (exact) mass is 526 g/mol. The summed E-state index contributed by atoms with van der Waals surface area (Å²) < 4.78 is 14.0. The maximum absolute atomic E-state index is 13.1. The fraction of sp³-hybridized carbons (Fsp3) is 0.480. The van der Waals surface area contributed by atoms with Crippen LogP contribution in [0.2, 0.25) is 0 Å². The number of aliphatic hydroxyl groups is 1. The van der Waals surface area contributed by atoms with E-state index in [2.05, 4.69) is 15.1 Å². The number of imidazole rings is 1. The summed E-state index contributed by atoms with van der Waals surface area (Å²) in [5, 5.41) is 16.2. The molecule has 12 heteroatoms. The van der Waals surface area contributed by atoms with Crippen molar-refractivity contribution in [1.29, 1.82) is 0 Å². The average molecular weight is 527 g/mol. The molecule has 1 fully saturated rings. The smallest absolute Gasteiger partial charge is 0.410 e. The van der Waals surface area contributed by atoms with Crippen molar-refractivity contribution in [3.8, 4) is 17.1 Å². The van der Waals surface area contributed by atoms with E-state index in [1.807, 2.05) is 34.6 Å². The van der Waals surface area contributed by atoms with Crippen molar-refractivity contribution in [2.24, 2.45) is 5.92 Å². The van der Waals surface area contributed by atoms with Gasteiger partial charge in [0.2, 0.25) is 0 Å². The predicted octanol–water partition coefficient (Wildman–Crippen LogP) is 3.25. The number of hydrogen-bond donors (Lipinski definition) is 1. The van der Waals surface area contributed by atoms with Crippen LogP contribution in [0.1, 0.15) is 44.7 Å². The summed E-state index contributed by atoms with van der Waals surface area (Å²) in [6.07, 6.45) is 3.34. The average Bonchev–Trinajstić information content (AvgIpc) is 3.42. The first-order valence-corrected chi connectivity index (χ1v) is 12.8. The summed E-state index contributed by atoms with van der Waals surface area (Å²) >= 11 is 1.26. The van der Waals surface area contributed by atoms with Gasteiger partial charge in [0.15, 0.2) is 16.4 Å². The van der Waals surface area contributed by atoms with Crippen molar-refractivity contribution in [3.05, 3.63) is 45.5 Å². The predicted molar refractivity (Wildman–Crippen MR) is 138 cm³/mol. The van der Waals surface area contributed by atoms with Crippen LogP contribution < -0.4 is 10.3 Å². The molecular weight excluding hydrogens is 496 g/mol. The van der Waals surface area contributed by atoms with Crippen LogP contribution in [0.5, 0.6) is 5.75 Å². The molecule has 0 saturated carbocycles. The molecule has 2 atom stereocenters. The van der Waals surface area contributed by atoms with Crippen LogP contribution in [-0.4, -0.2) is 65.9 Å². The van der Waals surface area contributed by atoms with Gasteiger partial charge in [-0.1, -0.05) is 18.3 Å². The number of amides is 1. The molecule has 1 aliphatic rings. The first-order valence-electron chi connectivity index (χ1n) is 12.0. The first-order chi connectivity index (χ1) is 17.4. The van der Waals surface area contributed by atoms with Gasteiger partial charge in [-0.3, -0.25) is 9.20 Å². The van der Waals surface area contributed by atoms with Gasteiger partial charge in [-0.05, 0) is 34.1 Å². The Morgan fingerprint density at radius 3 is 2.65 bits per heavy atom. The number of fused-ring (bicyclic) bond motifs is 2. The number of ether oxygens (including phenoxy) is 2. The molecule has 1 N–H and O–H groups in total. The number of nitrogens with zero attached hydrogens (tertiary/aromatic N) is 6. The maximum Gasteiger partial charge on any atom is 0.410 e. The summed E-state index contributed by atoms with van der Waals surface area (Å²) in [4.78, 5) is 37.4. The normalized spacial score (nSPS) is 20.5. The summed E-state index contributed by atoms with van der Waals surface area (Å²) in [6, 6.07) is 3.12. The molecule has 0 aliphatic carbocycles. The van der Waals surface area contributed by atoms with Crippen molar-refractivity contribution >= 4 is 28.0 Å². The number of methoxy groups -OCH3 is 1. The van der Waals surface area contributed by atoms with Gasteiger partial charge in [-0.15, -0.1) is 0 Å². The van der Waals surface area contributed by atoms with Gasteiger partial charge in [-0.25, -0.2) is 19.3 Å². The van der Waals surface area contributed by atoms with E-state index in [9.17, 15) is 14.7 Å². The second-order valence-corrected chi connectivity index (χ2v) is 11.5. The van der Waals surface area contributed by atoms with E-state index in [-0.39, 0.29) is 11.5 Å². The van der Waals surface area contributed by atoms with E-state index in [4.69, 9.17) is 9.47 Å². The molecule has 4 aromatic rings. The standard InChI is InChI=1S/C25H30N6O5S/c1-14-11-29(23(33)36-24(3,4)5)8-7-25(14,34)19-13-30-20(32)10-16(27-22(30)37-19)17-9-18(35-6)21-26-15(2)12-31(21)28-17/h9-10,12-14,34H,7-8,11H2,1-6H3/t14-,25+/m1/s1. The topological polar surface area (TPSA) is 124 Å². The third-order valence-corrected chi connectivity index (χ3v) is 7.66. The minimum absolute atomic E-state index is 0.283. The third-order valence-electron chi connectivity index (χ3n) is 6.51. The van der Waals surface area contributed by atoms with Crippen LogP contribution in [0.3, 0.4) is 0 Å². The SMILES string of the molecule is COc1cc(-c2cc(=O)n3cc([C@]4(O)CCN(C(=O)OC(C)(C)C)C[C@H]4C)sc3n2)nn2cc(C)nc12. The molecular formula is C25H30N6O5S. The lowest BCUT2D eigenvalue weighted by molar-refractivity contribution is -0.0711. The van der Waals surface area contributed by atoms with Gasteiger partial charge in [-0.2, -0.15) is 5.10 Å². The zero-order chi connectivity index (χ0) is 26.7. The molecule has 37 heavy (non-hydrogen) atoms.